The van der Waals surface area contributed by atoms with Crippen molar-refractivity contribution in [3.63, 3.8) is 0 Å². The van der Waals surface area contributed by atoms with Crippen molar-refractivity contribution in [2.24, 2.45) is 21.2 Å². The van der Waals surface area contributed by atoms with Crippen LogP contribution in [0.4, 0.5) is 20.3 Å². The van der Waals surface area contributed by atoms with Crippen molar-refractivity contribution in [1.82, 2.24) is 9.88 Å². The van der Waals surface area contributed by atoms with Crippen LogP contribution in [0, 0.1) is 11.6 Å². The number of likely N-dealkylation sites (tertiary alicyclic amines) is 1. The van der Waals surface area contributed by atoms with Gasteiger partial charge < -0.3 is 16.7 Å². The Morgan fingerprint density at radius 1 is 1.09 bits per heavy atom. The number of benzene rings is 2. The fraction of sp³-hybridized carbons (Fsp3) is 0.217. The van der Waals surface area contributed by atoms with Gasteiger partial charge in [0.25, 0.3) is 0 Å². The number of aliphatic imine (C=N–C) groups is 1. The molecule has 0 bridgehead atoms. The van der Waals surface area contributed by atoms with Crippen molar-refractivity contribution in [2.45, 2.75) is 19.4 Å². The van der Waals surface area contributed by atoms with Crippen LogP contribution < -0.4 is 11.6 Å². The third-order valence-electron chi connectivity index (χ3n) is 5.48. The SMILES string of the molecule is NN=NC(=Nc1cccc(F)c1F)c1cc(-c2ccc(CN3CCCC3)c(O)c2)cnc1N. The van der Waals surface area contributed by atoms with E-state index < -0.39 is 11.6 Å². The molecule has 0 radical (unpaired) electrons. The normalized spacial score (nSPS) is 14.9. The summed E-state index contributed by atoms with van der Waals surface area (Å²) < 4.78 is 27.7. The number of aromatic hydroxyl groups is 1. The number of amidine groups is 1. The predicted octanol–water partition coefficient (Wildman–Crippen LogP) is 4.31. The highest BCUT2D eigenvalue weighted by Crippen LogP contribution is 2.30. The first-order chi connectivity index (χ1) is 16.0. The van der Waals surface area contributed by atoms with Crippen molar-refractivity contribution in [1.29, 1.82) is 0 Å². The third-order valence-corrected chi connectivity index (χ3v) is 5.48. The highest BCUT2D eigenvalue weighted by atomic mass is 19.2. The molecule has 1 fully saturated rings. The lowest BCUT2D eigenvalue weighted by atomic mass is 10.0. The van der Waals surface area contributed by atoms with Crippen molar-refractivity contribution in [2.75, 3.05) is 18.8 Å². The summed E-state index contributed by atoms with van der Waals surface area (Å²) in [6, 6.07) is 10.6. The zero-order chi connectivity index (χ0) is 23.4. The van der Waals surface area contributed by atoms with E-state index in [2.05, 4.69) is 25.2 Å². The molecule has 2 aromatic carbocycles. The molecule has 170 valence electrons. The van der Waals surface area contributed by atoms with E-state index in [1.54, 1.807) is 12.1 Å². The molecule has 0 saturated carbocycles. The van der Waals surface area contributed by atoms with Gasteiger partial charge in [-0.2, -0.15) is 0 Å². The summed E-state index contributed by atoms with van der Waals surface area (Å²) >= 11 is 0. The van der Waals surface area contributed by atoms with Gasteiger partial charge in [-0.05, 0) is 55.8 Å². The smallest absolute Gasteiger partial charge is 0.187 e. The summed E-state index contributed by atoms with van der Waals surface area (Å²) in [7, 11) is 0. The number of hydrogen-bond donors (Lipinski definition) is 3. The van der Waals surface area contributed by atoms with Gasteiger partial charge in [0.15, 0.2) is 17.5 Å². The van der Waals surface area contributed by atoms with Gasteiger partial charge in [0.05, 0.1) is 5.56 Å². The predicted molar refractivity (Wildman–Crippen MR) is 122 cm³/mol. The van der Waals surface area contributed by atoms with Crippen molar-refractivity contribution >= 4 is 17.3 Å². The largest absolute Gasteiger partial charge is 0.508 e. The molecular weight excluding hydrogens is 428 g/mol. The van der Waals surface area contributed by atoms with Gasteiger partial charge in [-0.25, -0.2) is 18.8 Å². The molecule has 1 aromatic heterocycles. The molecule has 10 heteroatoms. The maximum Gasteiger partial charge on any atom is 0.187 e. The summed E-state index contributed by atoms with van der Waals surface area (Å²) in [5.74, 6) is 3.11. The van der Waals surface area contributed by atoms with Gasteiger partial charge in [0.2, 0.25) is 0 Å². The molecule has 3 aromatic rings. The molecule has 1 aliphatic rings. The Bertz CT molecular complexity index is 1220. The number of hydrogen-bond acceptors (Lipinski definition) is 6. The number of rotatable bonds is 5. The zero-order valence-electron chi connectivity index (χ0n) is 17.7. The van der Waals surface area contributed by atoms with Crippen LogP contribution >= 0.6 is 0 Å². The number of phenols is 1. The number of nitrogen functional groups attached to an aromatic ring is 1. The molecule has 0 unspecified atom stereocenters. The highest BCUT2D eigenvalue weighted by Gasteiger charge is 2.16. The van der Waals surface area contributed by atoms with E-state index in [-0.39, 0.29) is 28.7 Å². The average Bonchev–Trinajstić information content (AvgIpc) is 3.31. The van der Waals surface area contributed by atoms with Crippen LogP contribution in [0.5, 0.6) is 5.75 Å². The fourth-order valence-corrected chi connectivity index (χ4v) is 3.76. The minimum Gasteiger partial charge on any atom is -0.508 e. The molecule has 0 aliphatic carbocycles. The van der Waals surface area contributed by atoms with E-state index in [1.807, 2.05) is 12.1 Å². The van der Waals surface area contributed by atoms with Gasteiger partial charge >= 0.3 is 0 Å². The number of nitrogens with two attached hydrogens (primary N) is 2. The van der Waals surface area contributed by atoms with Crippen LogP contribution in [-0.4, -0.2) is 33.9 Å². The van der Waals surface area contributed by atoms with Gasteiger partial charge in [-0.15, -0.1) is 5.11 Å². The van der Waals surface area contributed by atoms with Gasteiger partial charge in [0, 0.05) is 23.9 Å². The number of aromatic nitrogens is 1. The highest BCUT2D eigenvalue weighted by molar-refractivity contribution is 6.05. The summed E-state index contributed by atoms with van der Waals surface area (Å²) in [5.41, 5.74) is 8.09. The van der Waals surface area contributed by atoms with Gasteiger partial charge in [-0.1, -0.05) is 23.4 Å². The molecule has 1 aliphatic heterocycles. The minimum atomic E-state index is -1.14. The van der Waals surface area contributed by atoms with E-state index in [0.29, 0.717) is 17.7 Å². The van der Waals surface area contributed by atoms with Crippen molar-refractivity contribution in [3.8, 4) is 16.9 Å². The van der Waals surface area contributed by atoms with E-state index in [0.717, 1.165) is 24.7 Å². The lowest BCUT2D eigenvalue weighted by Gasteiger charge is -2.16. The second-order valence-electron chi connectivity index (χ2n) is 7.71. The number of nitrogens with zero attached hydrogens (tertiary/aromatic N) is 5. The van der Waals surface area contributed by atoms with E-state index in [4.69, 9.17) is 11.6 Å². The summed E-state index contributed by atoms with van der Waals surface area (Å²) in [5, 5.41) is 17.5. The van der Waals surface area contributed by atoms with Gasteiger partial charge in [-0.3, -0.25) is 4.90 Å². The maximum absolute atomic E-state index is 14.1. The van der Waals surface area contributed by atoms with E-state index in [1.165, 1.54) is 31.2 Å². The first kappa shape index (κ1) is 22.3. The summed E-state index contributed by atoms with van der Waals surface area (Å²) in [6.45, 7) is 2.73. The van der Waals surface area contributed by atoms with Crippen LogP contribution in [0.2, 0.25) is 0 Å². The molecule has 2 heterocycles. The number of halogens is 2. The standard InChI is InChI=1S/C23H23F2N7O/c24-18-4-3-5-19(21(18)25)29-23(30-31-27)17-10-16(12-28-22(17)26)14-6-7-15(20(33)11-14)13-32-8-1-2-9-32/h3-7,10-12,33H,1-2,8-9,13H2,(H2,26,28)(H2,27,29,30). The summed E-state index contributed by atoms with van der Waals surface area (Å²) in [4.78, 5) is 10.5. The third kappa shape index (κ3) is 4.96. The second kappa shape index (κ2) is 9.70. The monoisotopic (exact) mass is 451 g/mol. The Morgan fingerprint density at radius 2 is 1.88 bits per heavy atom. The average molecular weight is 451 g/mol. The summed E-state index contributed by atoms with van der Waals surface area (Å²) in [6.07, 6.45) is 3.87. The maximum atomic E-state index is 14.1. The Balaban J connectivity index is 1.70. The Morgan fingerprint density at radius 3 is 2.61 bits per heavy atom. The molecule has 33 heavy (non-hydrogen) atoms. The first-order valence-electron chi connectivity index (χ1n) is 10.4. The van der Waals surface area contributed by atoms with Crippen LogP contribution in [-0.2, 0) is 6.54 Å². The first-order valence-corrected chi connectivity index (χ1v) is 10.4. The number of pyridine rings is 1. The second-order valence-corrected chi connectivity index (χ2v) is 7.71. The molecule has 1 saturated heterocycles. The van der Waals surface area contributed by atoms with Crippen LogP contribution in [0.15, 0.2) is 64.0 Å². The van der Waals surface area contributed by atoms with Gasteiger partial charge in [0.1, 0.15) is 17.3 Å². The van der Waals surface area contributed by atoms with Crippen LogP contribution in [0.25, 0.3) is 11.1 Å². The van der Waals surface area contributed by atoms with E-state index in [9.17, 15) is 13.9 Å². The molecule has 0 spiro atoms. The Labute approximate surface area is 189 Å². The quantitative estimate of drug-likeness (QED) is 0.175. The van der Waals surface area contributed by atoms with E-state index >= 15 is 0 Å². The zero-order valence-corrected chi connectivity index (χ0v) is 17.7. The Kier molecular flexibility index (Phi) is 6.55. The minimum absolute atomic E-state index is 0.0524. The molecule has 8 nitrogen and oxygen atoms in total. The molecule has 0 amide bonds. The fourth-order valence-electron chi connectivity index (χ4n) is 3.76. The molecule has 5 N–H and O–H groups in total. The van der Waals surface area contributed by atoms with Crippen molar-refractivity contribution in [3.05, 3.63) is 71.4 Å². The lowest BCUT2D eigenvalue weighted by molar-refractivity contribution is 0.324. The number of anilines is 1. The lowest BCUT2D eigenvalue weighted by Crippen LogP contribution is -2.18. The molecular formula is C23H23F2N7O. The number of phenolic OH excluding ortho intramolecular Hbond substituents is 1. The Hall–Kier alpha value is -3.92. The van der Waals surface area contributed by atoms with Crippen molar-refractivity contribution < 1.29 is 13.9 Å². The molecule has 0 atom stereocenters. The van der Waals surface area contributed by atoms with Crippen LogP contribution in [0.1, 0.15) is 24.0 Å². The van der Waals surface area contributed by atoms with Crippen LogP contribution in [0.3, 0.4) is 0 Å². The molecule has 4 rings (SSSR count). The topological polar surface area (TPSA) is 125 Å².